The molecule has 0 amide bonds. The van der Waals surface area contributed by atoms with E-state index in [-0.39, 0.29) is 5.54 Å². The molecule has 0 aliphatic rings. The molecule has 0 aromatic rings. The van der Waals surface area contributed by atoms with Gasteiger partial charge in [-0.1, -0.05) is 17.8 Å². The zero-order valence-corrected chi connectivity index (χ0v) is 9.33. The van der Waals surface area contributed by atoms with Crippen LogP contribution in [0.15, 0.2) is 16.5 Å². The maximum Gasteiger partial charge on any atom is 0.160 e. The standard InChI is InChI=1S/C9H18N2S/c1-6-7-12-8(10-5)11-9(2,3)4/h6-7H,1-5H3,(H,10,11)/b7-6+. The van der Waals surface area contributed by atoms with Gasteiger partial charge in [0.05, 0.1) is 0 Å². The topological polar surface area (TPSA) is 24.4 Å². The maximum atomic E-state index is 4.13. The highest BCUT2D eigenvalue weighted by molar-refractivity contribution is 8.16. The lowest BCUT2D eigenvalue weighted by Gasteiger charge is -2.21. The molecule has 0 aliphatic heterocycles. The molecule has 0 heterocycles. The van der Waals surface area contributed by atoms with E-state index in [2.05, 4.69) is 31.1 Å². The van der Waals surface area contributed by atoms with Crippen molar-refractivity contribution in [3.8, 4) is 0 Å². The van der Waals surface area contributed by atoms with Gasteiger partial charge in [0, 0.05) is 12.6 Å². The normalized spacial score (nSPS) is 13.9. The Hall–Kier alpha value is -0.440. The second-order valence-corrected chi connectivity index (χ2v) is 4.39. The summed E-state index contributed by atoms with van der Waals surface area (Å²) in [7, 11) is 1.80. The van der Waals surface area contributed by atoms with Crippen molar-refractivity contribution in [2.24, 2.45) is 4.99 Å². The van der Waals surface area contributed by atoms with E-state index < -0.39 is 0 Å². The molecule has 70 valence electrons. The number of amidine groups is 1. The molecule has 0 unspecified atom stereocenters. The SMILES string of the molecule is C/C=C/SC(=NC)NC(C)(C)C. The molecule has 0 saturated heterocycles. The van der Waals surface area contributed by atoms with Crippen LogP contribution in [0.1, 0.15) is 27.7 Å². The molecule has 12 heavy (non-hydrogen) atoms. The first-order valence-corrected chi connectivity index (χ1v) is 4.90. The average molecular weight is 186 g/mol. The summed E-state index contributed by atoms with van der Waals surface area (Å²) < 4.78 is 0. The highest BCUT2D eigenvalue weighted by Gasteiger charge is 2.10. The van der Waals surface area contributed by atoms with E-state index in [9.17, 15) is 0 Å². The molecule has 0 aliphatic carbocycles. The Labute approximate surface area is 79.5 Å². The van der Waals surface area contributed by atoms with Crippen molar-refractivity contribution in [1.29, 1.82) is 0 Å². The summed E-state index contributed by atoms with van der Waals surface area (Å²) in [5, 5.41) is 6.28. The van der Waals surface area contributed by atoms with Gasteiger partial charge in [-0.25, -0.2) is 0 Å². The monoisotopic (exact) mass is 186 g/mol. The lowest BCUT2D eigenvalue weighted by atomic mass is 10.1. The third kappa shape index (κ3) is 6.28. The molecule has 1 N–H and O–H groups in total. The Kier molecular flexibility index (Phi) is 5.06. The minimum absolute atomic E-state index is 0.0867. The van der Waals surface area contributed by atoms with Gasteiger partial charge in [-0.2, -0.15) is 0 Å². The molecule has 0 fully saturated rings. The van der Waals surface area contributed by atoms with Gasteiger partial charge in [0.25, 0.3) is 0 Å². The van der Waals surface area contributed by atoms with Gasteiger partial charge < -0.3 is 5.32 Å². The van der Waals surface area contributed by atoms with Crippen LogP contribution < -0.4 is 5.32 Å². The van der Waals surface area contributed by atoms with Crippen LogP contribution in [0.25, 0.3) is 0 Å². The summed E-state index contributed by atoms with van der Waals surface area (Å²) in [5.74, 6) is 0. The van der Waals surface area contributed by atoms with Crippen molar-refractivity contribution >= 4 is 16.9 Å². The largest absolute Gasteiger partial charge is 0.360 e. The van der Waals surface area contributed by atoms with Gasteiger partial charge in [-0.05, 0) is 33.1 Å². The predicted molar refractivity (Wildman–Crippen MR) is 58.7 cm³/mol. The molecular formula is C9H18N2S. The summed E-state index contributed by atoms with van der Waals surface area (Å²) in [6.45, 7) is 8.36. The maximum absolute atomic E-state index is 4.13. The number of rotatable bonds is 1. The molecule has 3 heteroatoms. The van der Waals surface area contributed by atoms with Crippen LogP contribution in [0.3, 0.4) is 0 Å². The van der Waals surface area contributed by atoms with Crippen LogP contribution in [0, 0.1) is 0 Å². The van der Waals surface area contributed by atoms with Crippen LogP contribution in [0.4, 0.5) is 0 Å². The third-order valence-electron chi connectivity index (χ3n) is 1.00. The molecule has 0 radical (unpaired) electrons. The van der Waals surface area contributed by atoms with E-state index in [1.807, 2.05) is 18.4 Å². The Morgan fingerprint density at radius 3 is 2.33 bits per heavy atom. The Morgan fingerprint density at radius 2 is 2.00 bits per heavy atom. The number of nitrogens with zero attached hydrogens (tertiary/aromatic N) is 1. The van der Waals surface area contributed by atoms with Crippen LogP contribution >= 0.6 is 11.8 Å². The second kappa shape index (κ2) is 5.25. The number of nitrogens with one attached hydrogen (secondary N) is 1. The molecule has 0 aromatic heterocycles. The van der Waals surface area contributed by atoms with E-state index in [0.717, 1.165) is 5.17 Å². The van der Waals surface area contributed by atoms with Crippen molar-refractivity contribution in [3.05, 3.63) is 11.5 Å². The Morgan fingerprint density at radius 1 is 1.42 bits per heavy atom. The minimum atomic E-state index is 0.0867. The fraction of sp³-hybridized carbons (Fsp3) is 0.667. The molecule has 0 bridgehead atoms. The van der Waals surface area contributed by atoms with E-state index >= 15 is 0 Å². The second-order valence-electron chi connectivity index (χ2n) is 3.49. The first kappa shape index (κ1) is 11.6. The van der Waals surface area contributed by atoms with Gasteiger partial charge in [0.2, 0.25) is 0 Å². The number of aliphatic imine (C=N–C) groups is 1. The highest BCUT2D eigenvalue weighted by Crippen LogP contribution is 2.08. The molecular weight excluding hydrogens is 168 g/mol. The molecule has 0 atom stereocenters. The minimum Gasteiger partial charge on any atom is -0.360 e. The van der Waals surface area contributed by atoms with Crippen molar-refractivity contribution in [3.63, 3.8) is 0 Å². The van der Waals surface area contributed by atoms with E-state index in [4.69, 9.17) is 0 Å². The van der Waals surface area contributed by atoms with E-state index in [1.54, 1.807) is 18.8 Å². The highest BCUT2D eigenvalue weighted by atomic mass is 32.2. The van der Waals surface area contributed by atoms with E-state index in [1.165, 1.54) is 0 Å². The van der Waals surface area contributed by atoms with Crippen LogP contribution in [-0.4, -0.2) is 17.8 Å². The Bertz CT molecular complexity index is 177. The zero-order chi connectivity index (χ0) is 9.61. The lowest BCUT2D eigenvalue weighted by Crippen LogP contribution is -2.39. The lowest BCUT2D eigenvalue weighted by molar-refractivity contribution is 0.515. The first-order chi connectivity index (χ1) is 5.49. The zero-order valence-electron chi connectivity index (χ0n) is 8.51. The smallest absolute Gasteiger partial charge is 0.160 e. The van der Waals surface area contributed by atoms with Gasteiger partial charge >= 0.3 is 0 Å². The number of thioether (sulfide) groups is 1. The quantitative estimate of drug-likeness (QED) is 0.503. The van der Waals surface area contributed by atoms with Gasteiger partial charge in [-0.15, -0.1) is 0 Å². The van der Waals surface area contributed by atoms with Gasteiger partial charge in [-0.3, -0.25) is 4.99 Å². The molecule has 0 rings (SSSR count). The summed E-state index contributed by atoms with van der Waals surface area (Å²) in [6, 6.07) is 0. The summed E-state index contributed by atoms with van der Waals surface area (Å²) in [4.78, 5) is 4.13. The van der Waals surface area contributed by atoms with Gasteiger partial charge in [0.15, 0.2) is 5.17 Å². The number of allylic oxidation sites excluding steroid dienone is 1. The molecule has 2 nitrogen and oxygen atoms in total. The fourth-order valence-corrected chi connectivity index (χ4v) is 1.33. The fourth-order valence-electron chi connectivity index (χ4n) is 0.591. The summed E-state index contributed by atoms with van der Waals surface area (Å²) >= 11 is 1.61. The van der Waals surface area contributed by atoms with Crippen molar-refractivity contribution in [1.82, 2.24) is 5.32 Å². The van der Waals surface area contributed by atoms with Crippen LogP contribution in [0.5, 0.6) is 0 Å². The number of hydrogen-bond acceptors (Lipinski definition) is 2. The van der Waals surface area contributed by atoms with E-state index in [0.29, 0.717) is 0 Å². The first-order valence-electron chi connectivity index (χ1n) is 4.02. The van der Waals surface area contributed by atoms with Crippen molar-refractivity contribution in [2.75, 3.05) is 7.05 Å². The van der Waals surface area contributed by atoms with Crippen LogP contribution in [-0.2, 0) is 0 Å². The molecule has 0 saturated carbocycles. The average Bonchev–Trinajstić information content (AvgIpc) is 1.95. The van der Waals surface area contributed by atoms with Crippen molar-refractivity contribution < 1.29 is 0 Å². The van der Waals surface area contributed by atoms with Crippen molar-refractivity contribution in [2.45, 2.75) is 33.2 Å². The van der Waals surface area contributed by atoms with Crippen LogP contribution in [0.2, 0.25) is 0 Å². The van der Waals surface area contributed by atoms with Gasteiger partial charge in [0.1, 0.15) is 0 Å². The molecule has 0 aromatic carbocycles. The number of hydrogen-bond donors (Lipinski definition) is 1. The summed E-state index contributed by atoms with van der Waals surface area (Å²) in [6.07, 6.45) is 2.00. The third-order valence-corrected chi connectivity index (χ3v) is 1.92. The Balaban J connectivity index is 4.03. The predicted octanol–water partition coefficient (Wildman–Crippen LogP) is 2.63. The molecule has 0 spiro atoms. The summed E-state index contributed by atoms with van der Waals surface area (Å²) in [5.41, 5.74) is 0.0867.